The predicted molar refractivity (Wildman–Crippen MR) is 96.3 cm³/mol. The molecule has 130 valence electrons. The van der Waals surface area contributed by atoms with Gasteiger partial charge in [0.2, 0.25) is 0 Å². The fourth-order valence-electron chi connectivity index (χ4n) is 5.31. The molecular formula is C19H26N2O2S. The van der Waals surface area contributed by atoms with Gasteiger partial charge >= 0.3 is 5.97 Å². The average molecular weight is 346 g/mol. The summed E-state index contributed by atoms with van der Waals surface area (Å²) in [6.45, 7) is 11.2. The van der Waals surface area contributed by atoms with Crippen molar-refractivity contribution >= 4 is 22.4 Å². The second kappa shape index (κ2) is 5.58. The molecule has 1 N–H and O–H groups in total. The third-order valence-corrected chi connectivity index (χ3v) is 7.58. The zero-order valence-corrected chi connectivity index (χ0v) is 15.5. The van der Waals surface area contributed by atoms with Gasteiger partial charge < -0.3 is 10.1 Å². The number of anilines is 1. The van der Waals surface area contributed by atoms with Crippen LogP contribution in [0.5, 0.6) is 0 Å². The second-order valence-electron chi connectivity index (χ2n) is 8.03. The van der Waals surface area contributed by atoms with Crippen LogP contribution < -0.4 is 5.32 Å². The van der Waals surface area contributed by atoms with Crippen molar-refractivity contribution in [3.63, 3.8) is 0 Å². The standard InChI is InChI=1S/C19H26N2O2S/c1-5-8-20-18-21-15-11(3)14-16-12(10(2)17(22)23-16)6-7-19(14,4)9-13(15)24-18/h5,10-12,14,16H,1,6-9H2,2-4H3,(H,20,21)/t10-,11+,12-,14+,16+,19+/m0/s1. The Labute approximate surface area is 147 Å². The molecule has 5 heteroatoms. The monoisotopic (exact) mass is 346 g/mol. The maximum absolute atomic E-state index is 12.1. The highest BCUT2D eigenvalue weighted by atomic mass is 32.1. The van der Waals surface area contributed by atoms with Crippen LogP contribution in [0.25, 0.3) is 0 Å². The van der Waals surface area contributed by atoms with Crippen molar-refractivity contribution in [1.82, 2.24) is 4.98 Å². The van der Waals surface area contributed by atoms with E-state index in [0.29, 0.717) is 17.8 Å². The molecule has 1 aromatic heterocycles. The van der Waals surface area contributed by atoms with Crippen molar-refractivity contribution in [1.29, 1.82) is 0 Å². The lowest BCUT2D eigenvalue weighted by Gasteiger charge is -2.51. The number of thiazole rings is 1. The molecule has 1 aliphatic heterocycles. The largest absolute Gasteiger partial charge is 0.461 e. The minimum Gasteiger partial charge on any atom is -0.461 e. The fraction of sp³-hybridized carbons (Fsp3) is 0.684. The van der Waals surface area contributed by atoms with Crippen LogP contribution in [-0.4, -0.2) is 23.6 Å². The van der Waals surface area contributed by atoms with Crippen LogP contribution >= 0.6 is 11.3 Å². The van der Waals surface area contributed by atoms with Crippen molar-refractivity contribution in [2.45, 2.75) is 52.1 Å². The smallest absolute Gasteiger partial charge is 0.309 e. The van der Waals surface area contributed by atoms with E-state index < -0.39 is 0 Å². The van der Waals surface area contributed by atoms with E-state index in [4.69, 9.17) is 9.72 Å². The van der Waals surface area contributed by atoms with Gasteiger partial charge in [0.15, 0.2) is 5.13 Å². The molecule has 0 amide bonds. The van der Waals surface area contributed by atoms with Gasteiger partial charge in [0, 0.05) is 29.2 Å². The summed E-state index contributed by atoms with van der Waals surface area (Å²) >= 11 is 1.78. The highest BCUT2D eigenvalue weighted by molar-refractivity contribution is 7.15. The topological polar surface area (TPSA) is 51.2 Å². The van der Waals surface area contributed by atoms with Crippen LogP contribution in [0.2, 0.25) is 0 Å². The van der Waals surface area contributed by atoms with Crippen molar-refractivity contribution in [2.24, 2.45) is 23.2 Å². The van der Waals surface area contributed by atoms with Gasteiger partial charge in [-0.1, -0.05) is 26.8 Å². The molecule has 4 rings (SSSR count). The lowest BCUT2D eigenvalue weighted by molar-refractivity contribution is -0.149. The van der Waals surface area contributed by atoms with Gasteiger partial charge in [-0.15, -0.1) is 17.9 Å². The molecule has 0 radical (unpaired) electrons. The lowest BCUT2D eigenvalue weighted by Crippen LogP contribution is -2.50. The highest BCUT2D eigenvalue weighted by Crippen LogP contribution is 2.59. The summed E-state index contributed by atoms with van der Waals surface area (Å²) in [5.41, 5.74) is 1.42. The van der Waals surface area contributed by atoms with Crippen LogP contribution in [-0.2, 0) is 16.0 Å². The molecule has 0 bridgehead atoms. The predicted octanol–water partition coefficient (Wildman–Crippen LogP) is 3.99. The summed E-state index contributed by atoms with van der Waals surface area (Å²) in [5.74, 6) is 1.15. The first-order valence-electron chi connectivity index (χ1n) is 8.99. The van der Waals surface area contributed by atoms with E-state index in [1.54, 1.807) is 11.3 Å². The molecule has 1 aromatic rings. The van der Waals surface area contributed by atoms with Gasteiger partial charge in [-0.2, -0.15) is 0 Å². The van der Waals surface area contributed by atoms with E-state index in [0.717, 1.165) is 24.5 Å². The number of hydrogen-bond acceptors (Lipinski definition) is 5. The first-order chi connectivity index (χ1) is 11.4. The summed E-state index contributed by atoms with van der Waals surface area (Å²) < 4.78 is 5.88. The van der Waals surface area contributed by atoms with Gasteiger partial charge in [0.05, 0.1) is 11.6 Å². The summed E-state index contributed by atoms with van der Waals surface area (Å²) in [6, 6.07) is 0. The Bertz CT molecular complexity index is 685. The number of rotatable bonds is 3. The number of nitrogens with zero attached hydrogens (tertiary/aromatic N) is 1. The molecule has 24 heavy (non-hydrogen) atoms. The summed E-state index contributed by atoms with van der Waals surface area (Å²) in [5, 5.41) is 4.32. The lowest BCUT2D eigenvalue weighted by atomic mass is 9.54. The minimum atomic E-state index is -0.00105. The van der Waals surface area contributed by atoms with E-state index >= 15 is 0 Å². The van der Waals surface area contributed by atoms with Crippen molar-refractivity contribution in [3.05, 3.63) is 23.2 Å². The fourth-order valence-corrected chi connectivity index (χ4v) is 6.58. The van der Waals surface area contributed by atoms with Crippen LogP contribution in [0.4, 0.5) is 5.13 Å². The summed E-state index contributed by atoms with van der Waals surface area (Å²) in [6.07, 6.45) is 5.26. The zero-order valence-electron chi connectivity index (χ0n) is 14.7. The second-order valence-corrected chi connectivity index (χ2v) is 9.12. The average Bonchev–Trinajstić information content (AvgIpc) is 3.06. The molecule has 2 heterocycles. The Morgan fingerprint density at radius 3 is 3.00 bits per heavy atom. The number of carbonyl (C=O) groups excluding carboxylic acids is 1. The van der Waals surface area contributed by atoms with E-state index in [9.17, 15) is 4.79 Å². The van der Waals surface area contributed by atoms with E-state index in [1.807, 2.05) is 13.0 Å². The minimum absolute atomic E-state index is 0.00105. The molecule has 1 saturated heterocycles. The van der Waals surface area contributed by atoms with Crippen LogP contribution in [0.15, 0.2) is 12.7 Å². The van der Waals surface area contributed by atoms with E-state index in [1.165, 1.54) is 17.0 Å². The van der Waals surface area contributed by atoms with Crippen LogP contribution in [0.1, 0.15) is 50.1 Å². The molecular weight excluding hydrogens is 320 g/mol. The molecule has 1 saturated carbocycles. The van der Waals surface area contributed by atoms with E-state index in [2.05, 4.69) is 25.7 Å². The molecule has 4 nitrogen and oxygen atoms in total. The Morgan fingerprint density at radius 1 is 1.46 bits per heavy atom. The van der Waals surface area contributed by atoms with Gasteiger partial charge in [-0.05, 0) is 24.7 Å². The molecule has 0 spiro atoms. The van der Waals surface area contributed by atoms with Crippen molar-refractivity contribution in [2.75, 3.05) is 11.9 Å². The van der Waals surface area contributed by atoms with Gasteiger partial charge in [-0.25, -0.2) is 4.98 Å². The van der Waals surface area contributed by atoms with E-state index in [-0.39, 0.29) is 23.4 Å². The number of fused-ring (bicyclic) bond motifs is 4. The molecule has 3 aliphatic rings. The number of aromatic nitrogens is 1. The zero-order chi connectivity index (χ0) is 17.1. The summed E-state index contributed by atoms with van der Waals surface area (Å²) in [4.78, 5) is 18.4. The summed E-state index contributed by atoms with van der Waals surface area (Å²) in [7, 11) is 0. The molecule has 0 unspecified atom stereocenters. The van der Waals surface area contributed by atoms with Crippen LogP contribution in [0.3, 0.4) is 0 Å². The molecule has 2 fully saturated rings. The molecule has 2 aliphatic carbocycles. The Hall–Kier alpha value is -1.36. The Kier molecular flexibility index (Phi) is 3.75. The van der Waals surface area contributed by atoms with Crippen molar-refractivity contribution in [3.8, 4) is 0 Å². The maximum Gasteiger partial charge on any atom is 0.309 e. The number of esters is 1. The number of hydrogen-bond donors (Lipinski definition) is 1. The highest BCUT2D eigenvalue weighted by Gasteiger charge is 2.58. The van der Waals surface area contributed by atoms with Gasteiger partial charge in [-0.3, -0.25) is 4.79 Å². The first-order valence-corrected chi connectivity index (χ1v) is 9.81. The number of carbonyl (C=O) groups is 1. The van der Waals surface area contributed by atoms with Crippen LogP contribution in [0, 0.1) is 23.2 Å². The quantitative estimate of drug-likeness (QED) is 0.664. The number of ether oxygens (including phenoxy) is 1. The third kappa shape index (κ3) is 2.24. The Morgan fingerprint density at radius 2 is 2.25 bits per heavy atom. The number of nitrogens with one attached hydrogen (secondary N) is 1. The normalized spacial score (nSPS) is 40.3. The molecule has 0 aromatic carbocycles. The van der Waals surface area contributed by atoms with Crippen molar-refractivity contribution < 1.29 is 9.53 Å². The van der Waals surface area contributed by atoms with Gasteiger partial charge in [0.1, 0.15) is 6.10 Å². The van der Waals surface area contributed by atoms with Gasteiger partial charge in [0.25, 0.3) is 0 Å². The molecule has 6 atom stereocenters. The third-order valence-electron chi connectivity index (χ3n) is 6.56. The Balaban J connectivity index is 1.69. The SMILES string of the molecule is C=CCNc1nc2c(s1)C[C@@]1(C)CC[C@@H]3[C@@H](OC(=O)[C@H]3C)[C@H]1[C@H]2C. The first kappa shape index (κ1) is 16.1. The maximum atomic E-state index is 12.1.